The summed E-state index contributed by atoms with van der Waals surface area (Å²) in [6.45, 7) is 2.71. The fourth-order valence-electron chi connectivity index (χ4n) is 4.16. The number of aryl methyl sites for hydroxylation is 1. The predicted octanol–water partition coefficient (Wildman–Crippen LogP) is 4.62. The van der Waals surface area contributed by atoms with Crippen molar-refractivity contribution in [3.63, 3.8) is 0 Å². The number of benzene rings is 1. The molecule has 0 bridgehead atoms. The highest BCUT2D eigenvalue weighted by molar-refractivity contribution is 5.94. The van der Waals surface area contributed by atoms with Crippen LogP contribution in [0.5, 0.6) is 0 Å². The Kier molecular flexibility index (Phi) is 5.00. The molecule has 2 aromatic heterocycles. The molecule has 160 valence electrons. The van der Waals surface area contributed by atoms with Crippen molar-refractivity contribution < 1.29 is 18.1 Å². The number of hydrogen-bond acceptors (Lipinski definition) is 5. The number of halogens is 2. The molecule has 3 aromatic rings. The van der Waals surface area contributed by atoms with Gasteiger partial charge in [0.1, 0.15) is 17.5 Å². The molecule has 0 N–H and O–H groups in total. The van der Waals surface area contributed by atoms with Crippen molar-refractivity contribution in [2.24, 2.45) is 0 Å². The maximum Gasteiger partial charge on any atom is 0.256 e. The van der Waals surface area contributed by atoms with Crippen molar-refractivity contribution in [2.45, 2.75) is 44.4 Å². The Labute approximate surface area is 178 Å². The van der Waals surface area contributed by atoms with Gasteiger partial charge in [-0.15, -0.1) is 0 Å². The largest absolute Gasteiger partial charge is 0.356 e. The van der Waals surface area contributed by atoms with E-state index in [4.69, 9.17) is 9.51 Å². The summed E-state index contributed by atoms with van der Waals surface area (Å²) in [5.41, 5.74) is 2.11. The Balaban J connectivity index is 1.47. The zero-order valence-electron chi connectivity index (χ0n) is 17.1. The second-order valence-corrected chi connectivity index (χ2v) is 8.35. The van der Waals surface area contributed by atoms with E-state index in [9.17, 15) is 13.6 Å². The SMILES string of the molecule is Cc1cc(-c2cnc(C3CC3)nc2C2CCCN(C(=O)c3cc(F)ccc3F)C2)on1. The number of amides is 1. The fraction of sp³-hybridized carbons (Fsp3) is 0.391. The molecule has 1 unspecified atom stereocenters. The van der Waals surface area contributed by atoms with Crippen LogP contribution < -0.4 is 0 Å². The lowest BCUT2D eigenvalue weighted by Crippen LogP contribution is -2.40. The van der Waals surface area contributed by atoms with Crippen LogP contribution in [0.15, 0.2) is 35.0 Å². The van der Waals surface area contributed by atoms with Gasteiger partial charge in [0.25, 0.3) is 5.91 Å². The third kappa shape index (κ3) is 3.94. The minimum atomic E-state index is -0.718. The number of aromatic nitrogens is 3. The molecule has 1 saturated heterocycles. The monoisotopic (exact) mass is 424 g/mol. The van der Waals surface area contributed by atoms with Gasteiger partial charge < -0.3 is 9.42 Å². The van der Waals surface area contributed by atoms with Crippen molar-refractivity contribution in [2.75, 3.05) is 13.1 Å². The topological polar surface area (TPSA) is 72.1 Å². The fourth-order valence-corrected chi connectivity index (χ4v) is 4.16. The lowest BCUT2D eigenvalue weighted by molar-refractivity contribution is 0.0700. The summed E-state index contributed by atoms with van der Waals surface area (Å²) >= 11 is 0. The van der Waals surface area contributed by atoms with E-state index in [1.807, 2.05) is 13.0 Å². The van der Waals surface area contributed by atoms with Gasteiger partial charge in [-0.25, -0.2) is 18.7 Å². The van der Waals surface area contributed by atoms with Gasteiger partial charge in [-0.2, -0.15) is 0 Å². The van der Waals surface area contributed by atoms with Crippen LogP contribution in [-0.2, 0) is 0 Å². The second kappa shape index (κ2) is 7.83. The van der Waals surface area contributed by atoms with Crippen molar-refractivity contribution >= 4 is 5.91 Å². The maximum absolute atomic E-state index is 14.2. The first-order valence-electron chi connectivity index (χ1n) is 10.5. The van der Waals surface area contributed by atoms with Crippen LogP contribution >= 0.6 is 0 Å². The first-order chi connectivity index (χ1) is 15.0. The van der Waals surface area contributed by atoms with Gasteiger partial charge >= 0.3 is 0 Å². The molecular formula is C23H22F2N4O2. The normalized spacial score (nSPS) is 18.9. The van der Waals surface area contributed by atoms with E-state index in [0.29, 0.717) is 24.8 Å². The number of likely N-dealkylation sites (tertiary alicyclic amines) is 1. The van der Waals surface area contributed by atoms with Crippen LogP contribution in [0.4, 0.5) is 8.78 Å². The van der Waals surface area contributed by atoms with Gasteiger partial charge in [-0.1, -0.05) is 5.16 Å². The number of hydrogen-bond donors (Lipinski definition) is 0. The molecule has 6 nitrogen and oxygen atoms in total. The van der Waals surface area contributed by atoms with Crippen LogP contribution in [0.3, 0.4) is 0 Å². The molecule has 2 aliphatic rings. The molecule has 1 aromatic carbocycles. The summed E-state index contributed by atoms with van der Waals surface area (Å²) in [4.78, 5) is 23.9. The Morgan fingerprint density at radius 3 is 2.74 bits per heavy atom. The minimum absolute atomic E-state index is 0.0600. The second-order valence-electron chi connectivity index (χ2n) is 8.35. The average Bonchev–Trinajstić information content (AvgIpc) is 3.55. The molecule has 1 amide bonds. The molecule has 0 radical (unpaired) electrons. The summed E-state index contributed by atoms with van der Waals surface area (Å²) in [5, 5.41) is 3.98. The van der Waals surface area contributed by atoms with Crippen molar-refractivity contribution in [1.82, 2.24) is 20.0 Å². The van der Waals surface area contributed by atoms with Gasteiger partial charge in [0, 0.05) is 37.2 Å². The van der Waals surface area contributed by atoms with E-state index in [-0.39, 0.29) is 11.5 Å². The molecule has 2 fully saturated rings. The van der Waals surface area contributed by atoms with E-state index in [1.54, 1.807) is 11.1 Å². The number of piperidine rings is 1. The number of nitrogens with zero attached hydrogens (tertiary/aromatic N) is 4. The zero-order valence-corrected chi connectivity index (χ0v) is 17.1. The molecular weight excluding hydrogens is 402 g/mol. The maximum atomic E-state index is 14.2. The van der Waals surface area contributed by atoms with Gasteiger partial charge in [0.2, 0.25) is 0 Å². The Hall–Kier alpha value is -3.16. The lowest BCUT2D eigenvalue weighted by atomic mass is 9.90. The third-order valence-corrected chi connectivity index (χ3v) is 5.93. The van der Waals surface area contributed by atoms with Gasteiger partial charge in [-0.3, -0.25) is 4.79 Å². The van der Waals surface area contributed by atoms with Crippen LogP contribution in [0, 0.1) is 18.6 Å². The van der Waals surface area contributed by atoms with Crippen LogP contribution in [0.25, 0.3) is 11.3 Å². The highest BCUT2D eigenvalue weighted by Crippen LogP contribution is 2.40. The Morgan fingerprint density at radius 1 is 1.16 bits per heavy atom. The first kappa shape index (κ1) is 19.8. The molecule has 1 atom stereocenters. The summed E-state index contributed by atoms with van der Waals surface area (Å²) in [5.74, 6) is -0.128. The van der Waals surface area contributed by atoms with E-state index in [2.05, 4.69) is 10.1 Å². The molecule has 0 spiro atoms. The molecule has 1 saturated carbocycles. The van der Waals surface area contributed by atoms with Crippen molar-refractivity contribution in [3.8, 4) is 11.3 Å². The zero-order chi connectivity index (χ0) is 21.5. The standard InChI is InChI=1S/C23H22F2N4O2/c1-13-9-20(31-28-13)18-11-26-22(14-4-5-14)27-21(18)15-3-2-8-29(12-15)23(30)17-10-16(24)6-7-19(17)25/h6-7,9-11,14-15H,2-5,8,12H2,1H3. The van der Waals surface area contributed by atoms with E-state index >= 15 is 0 Å². The van der Waals surface area contributed by atoms with E-state index in [1.165, 1.54) is 0 Å². The first-order valence-corrected chi connectivity index (χ1v) is 10.5. The van der Waals surface area contributed by atoms with Crippen molar-refractivity contribution in [1.29, 1.82) is 0 Å². The molecule has 1 aliphatic carbocycles. The van der Waals surface area contributed by atoms with E-state index < -0.39 is 17.5 Å². The van der Waals surface area contributed by atoms with Crippen LogP contribution in [-0.4, -0.2) is 39.0 Å². The molecule has 5 rings (SSSR count). The van der Waals surface area contributed by atoms with Crippen LogP contribution in [0.2, 0.25) is 0 Å². The Morgan fingerprint density at radius 2 is 2.00 bits per heavy atom. The average molecular weight is 424 g/mol. The summed E-state index contributed by atoms with van der Waals surface area (Å²) in [6, 6.07) is 4.80. The summed E-state index contributed by atoms with van der Waals surface area (Å²) < 4.78 is 33.3. The van der Waals surface area contributed by atoms with E-state index in [0.717, 1.165) is 66.7 Å². The van der Waals surface area contributed by atoms with Crippen molar-refractivity contribution in [3.05, 3.63) is 64.9 Å². The summed E-state index contributed by atoms with van der Waals surface area (Å²) in [7, 11) is 0. The minimum Gasteiger partial charge on any atom is -0.356 e. The highest BCUT2D eigenvalue weighted by Gasteiger charge is 2.33. The Bertz CT molecular complexity index is 1140. The summed E-state index contributed by atoms with van der Waals surface area (Å²) in [6.07, 6.45) is 5.51. The molecule has 1 aliphatic heterocycles. The smallest absolute Gasteiger partial charge is 0.256 e. The quantitative estimate of drug-likeness (QED) is 0.611. The number of carbonyl (C=O) groups is 1. The third-order valence-electron chi connectivity index (χ3n) is 5.93. The molecule has 8 heteroatoms. The number of carbonyl (C=O) groups excluding carboxylic acids is 1. The molecule has 3 heterocycles. The van der Waals surface area contributed by atoms with Gasteiger partial charge in [0.05, 0.1) is 22.5 Å². The highest BCUT2D eigenvalue weighted by atomic mass is 19.1. The molecule has 31 heavy (non-hydrogen) atoms. The van der Waals surface area contributed by atoms with Gasteiger partial charge in [-0.05, 0) is 50.8 Å². The van der Waals surface area contributed by atoms with Crippen LogP contribution in [0.1, 0.15) is 65.1 Å². The predicted molar refractivity (Wildman–Crippen MR) is 108 cm³/mol. The van der Waals surface area contributed by atoms with Gasteiger partial charge in [0.15, 0.2) is 5.76 Å². The lowest BCUT2D eigenvalue weighted by Gasteiger charge is -2.33. The number of rotatable bonds is 4.